The molecule has 76 valence electrons. The number of nitrogens with one attached hydrogen (secondary N) is 1. The monoisotopic (exact) mass is 203 g/mol. The van der Waals surface area contributed by atoms with Crippen molar-refractivity contribution in [2.45, 2.75) is 6.04 Å². The van der Waals surface area contributed by atoms with E-state index in [1.165, 1.54) is 0 Å². The minimum atomic E-state index is -0.562. The quantitative estimate of drug-likeness (QED) is 0.452. The summed E-state index contributed by atoms with van der Waals surface area (Å²) in [6.07, 6.45) is 3.37. The number of aromatic nitrogens is 2. The molecule has 1 atom stereocenters. The van der Waals surface area contributed by atoms with E-state index in [4.69, 9.17) is 10.6 Å². The molecule has 2 aromatic rings. The largest absolute Gasteiger partial charge is 0.396 e. The van der Waals surface area contributed by atoms with Crippen LogP contribution in [0.5, 0.6) is 0 Å². The maximum atomic E-state index is 9.09. The van der Waals surface area contributed by atoms with E-state index in [0.717, 1.165) is 16.6 Å². The van der Waals surface area contributed by atoms with Crippen molar-refractivity contribution in [1.29, 1.82) is 0 Å². The molecule has 0 saturated carbocycles. The van der Waals surface area contributed by atoms with Gasteiger partial charge in [-0.3, -0.25) is 0 Å². The fourth-order valence-electron chi connectivity index (χ4n) is 1.51. The summed E-state index contributed by atoms with van der Waals surface area (Å²) in [6, 6.07) is 3.10. The van der Waals surface area contributed by atoms with Gasteiger partial charge in [0.2, 0.25) is 0 Å². The summed E-state index contributed by atoms with van der Waals surface area (Å²) in [7, 11) is 0. The van der Waals surface area contributed by atoms with Crippen LogP contribution >= 0.6 is 0 Å². The number of hydrogen-bond donors (Lipinski definition) is 2. The maximum absolute atomic E-state index is 9.09. The average Bonchev–Trinajstić information content (AvgIpc) is 2.70. The molecular formula is C9H9N5O. The predicted molar refractivity (Wildman–Crippen MR) is 55.1 cm³/mol. The number of aliphatic hydroxyl groups excluding tert-OH is 1. The van der Waals surface area contributed by atoms with Gasteiger partial charge in [0.05, 0.1) is 12.6 Å². The number of aromatic amines is 1. The Morgan fingerprint density at radius 1 is 1.67 bits per heavy atom. The van der Waals surface area contributed by atoms with Gasteiger partial charge in [-0.1, -0.05) is 5.11 Å². The number of aliphatic hydroxyl groups is 1. The molecule has 6 heteroatoms. The third kappa shape index (κ3) is 1.63. The summed E-state index contributed by atoms with van der Waals surface area (Å²) < 4.78 is 0. The minimum absolute atomic E-state index is 0.216. The van der Waals surface area contributed by atoms with Gasteiger partial charge in [-0.15, -0.1) is 0 Å². The summed E-state index contributed by atoms with van der Waals surface area (Å²) >= 11 is 0. The molecule has 2 rings (SSSR count). The maximum Gasteiger partial charge on any atom is 0.137 e. The van der Waals surface area contributed by atoms with E-state index in [2.05, 4.69) is 20.0 Å². The second-order valence-corrected chi connectivity index (χ2v) is 3.05. The van der Waals surface area contributed by atoms with Crippen LogP contribution in [0.2, 0.25) is 0 Å². The van der Waals surface area contributed by atoms with Gasteiger partial charge in [-0.05, 0) is 23.2 Å². The van der Waals surface area contributed by atoms with E-state index in [0.29, 0.717) is 0 Å². The van der Waals surface area contributed by atoms with Crippen molar-refractivity contribution in [3.8, 4) is 0 Å². The molecule has 0 aliphatic carbocycles. The highest BCUT2D eigenvalue weighted by Crippen LogP contribution is 2.24. The molecule has 0 aliphatic rings. The first-order valence-corrected chi connectivity index (χ1v) is 4.44. The second kappa shape index (κ2) is 4.00. The lowest BCUT2D eigenvalue weighted by Gasteiger charge is -2.04. The van der Waals surface area contributed by atoms with Crippen LogP contribution in [0.1, 0.15) is 11.6 Å². The Hall–Kier alpha value is -2.04. The zero-order valence-corrected chi connectivity index (χ0v) is 7.83. The lowest BCUT2D eigenvalue weighted by molar-refractivity contribution is 0.268. The summed E-state index contributed by atoms with van der Waals surface area (Å²) in [4.78, 5) is 9.76. The van der Waals surface area contributed by atoms with Gasteiger partial charge in [-0.25, -0.2) is 4.98 Å². The average molecular weight is 203 g/mol. The highest BCUT2D eigenvalue weighted by atomic mass is 16.3. The molecule has 0 fully saturated rings. The number of azide groups is 1. The Morgan fingerprint density at radius 3 is 3.27 bits per heavy atom. The molecule has 0 bridgehead atoms. The first-order valence-electron chi connectivity index (χ1n) is 4.44. The zero-order valence-electron chi connectivity index (χ0n) is 7.83. The lowest BCUT2D eigenvalue weighted by Crippen LogP contribution is -1.98. The molecule has 2 aromatic heterocycles. The number of H-pyrrole nitrogens is 1. The van der Waals surface area contributed by atoms with Crippen LogP contribution in [-0.4, -0.2) is 21.7 Å². The molecule has 2 N–H and O–H groups in total. The van der Waals surface area contributed by atoms with E-state index >= 15 is 0 Å². The summed E-state index contributed by atoms with van der Waals surface area (Å²) in [5.41, 5.74) is 9.84. The van der Waals surface area contributed by atoms with Gasteiger partial charge >= 0.3 is 0 Å². The van der Waals surface area contributed by atoms with Crippen molar-refractivity contribution >= 4 is 11.0 Å². The van der Waals surface area contributed by atoms with E-state index in [-0.39, 0.29) is 6.61 Å². The van der Waals surface area contributed by atoms with Crippen LogP contribution < -0.4 is 0 Å². The molecule has 1 unspecified atom stereocenters. The van der Waals surface area contributed by atoms with Gasteiger partial charge in [-0.2, -0.15) is 0 Å². The summed E-state index contributed by atoms with van der Waals surface area (Å²) in [6.45, 7) is -0.216. The number of hydrogen-bond acceptors (Lipinski definition) is 3. The molecule has 6 nitrogen and oxygen atoms in total. The van der Waals surface area contributed by atoms with Crippen LogP contribution in [0.4, 0.5) is 0 Å². The van der Waals surface area contributed by atoms with Crippen LogP contribution in [0.3, 0.4) is 0 Å². The third-order valence-corrected chi connectivity index (χ3v) is 2.21. The van der Waals surface area contributed by atoms with Crippen LogP contribution in [0, 0.1) is 0 Å². The normalized spacial score (nSPS) is 12.3. The Kier molecular flexibility index (Phi) is 2.53. The Balaban J connectivity index is 2.55. The molecule has 0 amide bonds. The third-order valence-electron chi connectivity index (χ3n) is 2.21. The Labute approximate surface area is 85.2 Å². The highest BCUT2D eigenvalue weighted by molar-refractivity contribution is 5.80. The van der Waals surface area contributed by atoms with Crippen molar-refractivity contribution < 1.29 is 5.11 Å². The predicted octanol–water partition coefficient (Wildman–Crippen LogP) is 1.91. The Morgan fingerprint density at radius 2 is 2.53 bits per heavy atom. The Bertz CT molecular complexity index is 514. The molecule has 0 saturated heterocycles. The number of fused-ring (bicyclic) bond motifs is 1. The van der Waals surface area contributed by atoms with Crippen molar-refractivity contribution in [3.05, 3.63) is 40.5 Å². The SMILES string of the molecule is [N-]=[N+]=NC(CO)c1c[nH]c2ncccc12. The number of nitrogens with zero attached hydrogens (tertiary/aromatic N) is 4. The van der Waals surface area contributed by atoms with Crippen LogP contribution in [-0.2, 0) is 0 Å². The van der Waals surface area contributed by atoms with E-state index in [1.807, 2.05) is 6.07 Å². The minimum Gasteiger partial charge on any atom is -0.396 e. The first-order chi connectivity index (χ1) is 7.36. The van der Waals surface area contributed by atoms with E-state index in [9.17, 15) is 0 Å². The molecule has 0 spiro atoms. The van der Waals surface area contributed by atoms with Crippen LogP contribution in [0.15, 0.2) is 29.6 Å². The summed E-state index contributed by atoms with van der Waals surface area (Å²) in [5, 5.41) is 13.5. The van der Waals surface area contributed by atoms with Gasteiger partial charge < -0.3 is 10.1 Å². The zero-order chi connectivity index (χ0) is 10.7. The van der Waals surface area contributed by atoms with Crippen molar-refractivity contribution in [1.82, 2.24) is 9.97 Å². The highest BCUT2D eigenvalue weighted by Gasteiger charge is 2.13. The standard InChI is InChI=1S/C9H9N5O/c10-14-13-8(5-15)7-4-12-9-6(7)2-1-3-11-9/h1-4,8,15H,5H2,(H,11,12). The molecular weight excluding hydrogens is 194 g/mol. The molecule has 0 aliphatic heterocycles. The molecule has 0 aromatic carbocycles. The number of rotatable bonds is 3. The van der Waals surface area contributed by atoms with Gasteiger partial charge in [0.15, 0.2) is 0 Å². The molecule has 2 heterocycles. The fraction of sp³-hybridized carbons (Fsp3) is 0.222. The summed E-state index contributed by atoms with van der Waals surface area (Å²) in [5.74, 6) is 0. The van der Waals surface area contributed by atoms with Crippen LogP contribution in [0.25, 0.3) is 21.5 Å². The van der Waals surface area contributed by atoms with Gasteiger partial charge in [0.1, 0.15) is 5.65 Å². The fourth-order valence-corrected chi connectivity index (χ4v) is 1.51. The van der Waals surface area contributed by atoms with Crippen molar-refractivity contribution in [2.75, 3.05) is 6.61 Å². The van der Waals surface area contributed by atoms with Crippen molar-refractivity contribution in [3.63, 3.8) is 0 Å². The lowest BCUT2D eigenvalue weighted by atomic mass is 10.1. The van der Waals surface area contributed by atoms with E-state index in [1.54, 1.807) is 18.5 Å². The number of pyridine rings is 1. The second-order valence-electron chi connectivity index (χ2n) is 3.05. The van der Waals surface area contributed by atoms with Gasteiger partial charge in [0.25, 0.3) is 0 Å². The van der Waals surface area contributed by atoms with E-state index < -0.39 is 6.04 Å². The topological polar surface area (TPSA) is 97.7 Å². The molecule has 0 radical (unpaired) electrons. The van der Waals surface area contributed by atoms with Gasteiger partial charge in [0, 0.05) is 22.7 Å². The smallest absolute Gasteiger partial charge is 0.137 e. The first kappa shape index (κ1) is 9.51. The molecule has 15 heavy (non-hydrogen) atoms. The van der Waals surface area contributed by atoms with Crippen molar-refractivity contribution in [2.24, 2.45) is 5.11 Å².